The number of nitrogens with one attached hydrogen (secondary N) is 2. The molecule has 2 aromatic rings. The second-order valence-corrected chi connectivity index (χ2v) is 8.87. The van der Waals surface area contributed by atoms with Gasteiger partial charge in [0.15, 0.2) is 6.61 Å². The quantitative estimate of drug-likeness (QED) is 0.770. The molecule has 0 spiro atoms. The van der Waals surface area contributed by atoms with Gasteiger partial charge in [0.05, 0.1) is 17.6 Å². The van der Waals surface area contributed by atoms with Gasteiger partial charge in [-0.05, 0) is 60.6 Å². The van der Waals surface area contributed by atoms with Gasteiger partial charge in [-0.25, -0.2) is 9.78 Å². The number of rotatable bonds is 6. The zero-order valence-corrected chi connectivity index (χ0v) is 18.4. The molecule has 8 heteroatoms. The van der Waals surface area contributed by atoms with Crippen molar-refractivity contribution in [2.45, 2.75) is 72.7 Å². The van der Waals surface area contributed by atoms with Crippen molar-refractivity contribution in [2.24, 2.45) is 0 Å². The van der Waals surface area contributed by atoms with E-state index in [4.69, 9.17) is 9.47 Å². The SMILES string of the molecule is CCn1c(CNC(=O)OC(C)(C)C)nc2ccc(OCC(=O)NC(C)(C)C)cc21. The first-order chi connectivity index (χ1) is 13.4. The number of aromatic nitrogens is 2. The van der Waals surface area contributed by atoms with Crippen molar-refractivity contribution in [1.82, 2.24) is 20.2 Å². The van der Waals surface area contributed by atoms with Gasteiger partial charge in [0.25, 0.3) is 5.91 Å². The van der Waals surface area contributed by atoms with Crippen molar-refractivity contribution in [2.75, 3.05) is 6.61 Å². The zero-order valence-electron chi connectivity index (χ0n) is 18.4. The van der Waals surface area contributed by atoms with Crippen LogP contribution in [0.1, 0.15) is 54.3 Å². The fourth-order valence-electron chi connectivity index (χ4n) is 2.80. The van der Waals surface area contributed by atoms with Crippen LogP contribution in [0.5, 0.6) is 5.75 Å². The van der Waals surface area contributed by atoms with E-state index in [1.54, 1.807) is 6.07 Å². The normalized spacial score (nSPS) is 12.0. The predicted molar refractivity (Wildman–Crippen MR) is 112 cm³/mol. The summed E-state index contributed by atoms with van der Waals surface area (Å²) in [5, 5.41) is 5.60. The Morgan fingerprint density at radius 1 is 1.14 bits per heavy atom. The van der Waals surface area contributed by atoms with Crippen LogP contribution >= 0.6 is 0 Å². The van der Waals surface area contributed by atoms with E-state index >= 15 is 0 Å². The zero-order chi connectivity index (χ0) is 21.8. The summed E-state index contributed by atoms with van der Waals surface area (Å²) in [6.07, 6.45) is -0.485. The molecule has 0 aliphatic carbocycles. The van der Waals surface area contributed by atoms with E-state index in [2.05, 4.69) is 15.6 Å². The number of imidazole rings is 1. The van der Waals surface area contributed by atoms with E-state index in [0.717, 1.165) is 16.9 Å². The molecule has 0 radical (unpaired) electrons. The van der Waals surface area contributed by atoms with Crippen molar-refractivity contribution in [1.29, 1.82) is 0 Å². The molecular weight excluding hydrogens is 372 g/mol. The summed E-state index contributed by atoms with van der Waals surface area (Å²) < 4.78 is 12.9. The Bertz CT molecular complexity index is 875. The summed E-state index contributed by atoms with van der Waals surface area (Å²) in [6.45, 7) is 14.1. The maximum Gasteiger partial charge on any atom is 0.408 e. The largest absolute Gasteiger partial charge is 0.484 e. The molecule has 2 N–H and O–H groups in total. The number of benzene rings is 1. The number of nitrogens with zero attached hydrogens (tertiary/aromatic N) is 2. The molecule has 0 saturated heterocycles. The average Bonchev–Trinajstić information content (AvgIpc) is 2.91. The van der Waals surface area contributed by atoms with Gasteiger partial charge in [0.2, 0.25) is 0 Å². The number of alkyl carbamates (subject to hydrolysis) is 1. The molecule has 1 aromatic heterocycles. The molecule has 1 aromatic carbocycles. The van der Waals surface area contributed by atoms with E-state index in [0.29, 0.717) is 12.3 Å². The summed E-state index contributed by atoms with van der Waals surface area (Å²) in [5.74, 6) is 1.13. The summed E-state index contributed by atoms with van der Waals surface area (Å²) in [5.41, 5.74) is 0.809. The number of hydrogen-bond acceptors (Lipinski definition) is 5. The second kappa shape index (κ2) is 8.71. The van der Waals surface area contributed by atoms with Gasteiger partial charge in [-0.15, -0.1) is 0 Å². The highest BCUT2D eigenvalue weighted by Crippen LogP contribution is 2.22. The topological polar surface area (TPSA) is 94.5 Å². The van der Waals surface area contributed by atoms with Crippen LogP contribution in [-0.4, -0.2) is 39.3 Å². The predicted octanol–water partition coefficient (Wildman–Crippen LogP) is 3.37. The third kappa shape index (κ3) is 6.96. The van der Waals surface area contributed by atoms with Gasteiger partial charge in [-0.3, -0.25) is 4.79 Å². The molecule has 0 saturated carbocycles. The fourth-order valence-corrected chi connectivity index (χ4v) is 2.80. The lowest BCUT2D eigenvalue weighted by atomic mass is 10.1. The minimum absolute atomic E-state index is 0.0594. The van der Waals surface area contributed by atoms with Crippen LogP contribution in [0.15, 0.2) is 18.2 Å². The van der Waals surface area contributed by atoms with Gasteiger partial charge < -0.3 is 24.7 Å². The molecule has 29 heavy (non-hydrogen) atoms. The Morgan fingerprint density at radius 2 is 1.83 bits per heavy atom. The van der Waals surface area contributed by atoms with E-state index in [1.807, 2.05) is 65.2 Å². The summed E-state index contributed by atoms with van der Waals surface area (Å²) >= 11 is 0. The minimum Gasteiger partial charge on any atom is -0.484 e. The molecule has 0 atom stereocenters. The molecule has 0 fully saturated rings. The van der Waals surface area contributed by atoms with E-state index < -0.39 is 11.7 Å². The fraction of sp³-hybridized carbons (Fsp3) is 0.571. The summed E-state index contributed by atoms with van der Waals surface area (Å²) in [6, 6.07) is 5.48. The molecule has 1 heterocycles. The maximum absolute atomic E-state index is 12.0. The molecule has 0 aliphatic rings. The number of aryl methyl sites for hydroxylation is 1. The van der Waals surface area contributed by atoms with Crippen molar-refractivity contribution >= 4 is 23.0 Å². The third-order valence-electron chi connectivity index (χ3n) is 3.79. The van der Waals surface area contributed by atoms with Gasteiger partial charge >= 0.3 is 6.09 Å². The van der Waals surface area contributed by atoms with Crippen LogP contribution in [0, 0.1) is 0 Å². The second-order valence-electron chi connectivity index (χ2n) is 8.87. The van der Waals surface area contributed by atoms with Crippen molar-refractivity contribution in [3.05, 3.63) is 24.0 Å². The van der Waals surface area contributed by atoms with Crippen LogP contribution < -0.4 is 15.4 Å². The Morgan fingerprint density at radius 3 is 2.41 bits per heavy atom. The molecule has 0 unspecified atom stereocenters. The first-order valence-electron chi connectivity index (χ1n) is 9.78. The lowest BCUT2D eigenvalue weighted by Gasteiger charge is -2.20. The van der Waals surface area contributed by atoms with Crippen LogP contribution in [-0.2, 0) is 22.6 Å². The summed E-state index contributed by atoms with van der Waals surface area (Å²) in [4.78, 5) is 28.5. The van der Waals surface area contributed by atoms with Crippen LogP contribution in [0.25, 0.3) is 11.0 Å². The number of amides is 2. The lowest BCUT2D eigenvalue weighted by Crippen LogP contribution is -2.43. The number of carbonyl (C=O) groups excluding carboxylic acids is 2. The Labute approximate surface area is 172 Å². The van der Waals surface area contributed by atoms with E-state index in [9.17, 15) is 9.59 Å². The molecule has 0 bridgehead atoms. The Hall–Kier alpha value is -2.77. The van der Waals surface area contributed by atoms with Crippen molar-refractivity contribution in [3.63, 3.8) is 0 Å². The number of ether oxygens (including phenoxy) is 2. The summed E-state index contributed by atoms with van der Waals surface area (Å²) in [7, 11) is 0. The van der Waals surface area contributed by atoms with Crippen LogP contribution in [0.2, 0.25) is 0 Å². The smallest absolute Gasteiger partial charge is 0.408 e. The molecule has 0 aliphatic heterocycles. The first-order valence-corrected chi connectivity index (χ1v) is 9.78. The van der Waals surface area contributed by atoms with Gasteiger partial charge in [0, 0.05) is 18.2 Å². The molecule has 2 amide bonds. The standard InChI is InChI=1S/C21H32N4O4/c1-8-25-16-11-14(28-13-18(26)24-20(2,3)4)9-10-15(16)23-17(25)12-22-19(27)29-21(5,6)7/h9-11H,8,12-13H2,1-7H3,(H,22,27)(H,24,26). The van der Waals surface area contributed by atoms with E-state index in [-0.39, 0.29) is 24.6 Å². The van der Waals surface area contributed by atoms with Crippen LogP contribution in [0.3, 0.4) is 0 Å². The maximum atomic E-state index is 12.0. The third-order valence-corrected chi connectivity index (χ3v) is 3.79. The van der Waals surface area contributed by atoms with Gasteiger partial charge in [-0.2, -0.15) is 0 Å². The first kappa shape index (κ1) is 22.5. The minimum atomic E-state index is -0.555. The molecular formula is C21H32N4O4. The Balaban J connectivity index is 2.10. The molecule has 160 valence electrons. The number of hydrogen-bond donors (Lipinski definition) is 2. The molecule has 2 rings (SSSR count). The highest BCUT2D eigenvalue weighted by molar-refractivity contribution is 5.80. The number of fused-ring (bicyclic) bond motifs is 1. The Kier molecular flexibility index (Phi) is 6.77. The molecule has 8 nitrogen and oxygen atoms in total. The highest BCUT2D eigenvalue weighted by Gasteiger charge is 2.18. The van der Waals surface area contributed by atoms with E-state index in [1.165, 1.54) is 0 Å². The van der Waals surface area contributed by atoms with Gasteiger partial charge in [0.1, 0.15) is 17.2 Å². The van der Waals surface area contributed by atoms with Crippen molar-refractivity contribution < 1.29 is 19.1 Å². The lowest BCUT2D eigenvalue weighted by molar-refractivity contribution is -0.124. The average molecular weight is 405 g/mol. The highest BCUT2D eigenvalue weighted by atomic mass is 16.6. The van der Waals surface area contributed by atoms with Crippen molar-refractivity contribution in [3.8, 4) is 5.75 Å². The van der Waals surface area contributed by atoms with Gasteiger partial charge in [-0.1, -0.05) is 0 Å². The van der Waals surface area contributed by atoms with Crippen LogP contribution in [0.4, 0.5) is 4.79 Å². The number of carbonyl (C=O) groups is 2. The monoisotopic (exact) mass is 404 g/mol.